The summed E-state index contributed by atoms with van der Waals surface area (Å²) in [6, 6.07) is 18.0. The molecule has 0 N–H and O–H groups in total. The van der Waals surface area contributed by atoms with Gasteiger partial charge in [0.15, 0.2) is 0 Å². The van der Waals surface area contributed by atoms with Gasteiger partial charge in [-0.05, 0) is 113 Å². The van der Waals surface area contributed by atoms with Gasteiger partial charge in [-0.15, -0.1) is 0 Å². The van der Waals surface area contributed by atoms with E-state index in [0.717, 1.165) is 44.8 Å². The minimum absolute atomic E-state index is 0.157. The van der Waals surface area contributed by atoms with Crippen LogP contribution in [0.15, 0.2) is 54.6 Å². The van der Waals surface area contributed by atoms with Crippen LogP contribution >= 0.6 is 0 Å². The fraction of sp³-hybridized carbons (Fsp3) is 0.594. The van der Waals surface area contributed by atoms with Crippen molar-refractivity contribution in [2.75, 3.05) is 26.7 Å². The zero-order chi connectivity index (χ0) is 26.4. The second kappa shape index (κ2) is 12.4. The van der Waals surface area contributed by atoms with Crippen LogP contribution < -0.4 is 0 Å². The molecule has 5 heteroatoms. The molecule has 0 radical (unpaired) electrons. The van der Waals surface area contributed by atoms with Gasteiger partial charge in [-0.3, -0.25) is 0 Å². The molecule has 2 fully saturated rings. The maximum atomic E-state index is 13.1. The fourth-order valence-corrected chi connectivity index (χ4v) is 6.24. The molecule has 4 nitrogen and oxygen atoms in total. The molecule has 0 spiro atoms. The van der Waals surface area contributed by atoms with Crippen molar-refractivity contribution in [3.05, 3.63) is 71.5 Å². The highest BCUT2D eigenvalue weighted by molar-refractivity contribution is 5.68. The number of carbonyl (C=O) groups is 1. The van der Waals surface area contributed by atoms with E-state index in [1.165, 1.54) is 36.8 Å². The van der Waals surface area contributed by atoms with E-state index in [1.807, 2.05) is 44.9 Å². The molecule has 2 aromatic carbocycles. The Bertz CT molecular complexity index is 980. The third kappa shape index (κ3) is 8.04. The van der Waals surface area contributed by atoms with Gasteiger partial charge in [0.05, 0.1) is 0 Å². The van der Waals surface area contributed by atoms with Gasteiger partial charge in [0, 0.05) is 19.6 Å². The maximum absolute atomic E-state index is 13.1. The second-order valence-corrected chi connectivity index (χ2v) is 12.3. The summed E-state index contributed by atoms with van der Waals surface area (Å²) >= 11 is 0. The predicted molar refractivity (Wildman–Crippen MR) is 148 cm³/mol. The van der Waals surface area contributed by atoms with Gasteiger partial charge in [-0.2, -0.15) is 0 Å². The molecule has 0 aromatic heterocycles. The topological polar surface area (TPSA) is 32.8 Å². The smallest absolute Gasteiger partial charge is 0.410 e. The first kappa shape index (κ1) is 27.6. The molecule has 1 saturated heterocycles. The summed E-state index contributed by atoms with van der Waals surface area (Å²) in [4.78, 5) is 17.3. The van der Waals surface area contributed by atoms with Crippen LogP contribution in [0.4, 0.5) is 9.18 Å². The number of amides is 1. The Morgan fingerprint density at radius 3 is 2.35 bits per heavy atom. The normalized spacial score (nSPS) is 23.2. The monoisotopic (exact) mass is 508 g/mol. The predicted octanol–water partition coefficient (Wildman–Crippen LogP) is 7.29. The number of likely N-dealkylation sites (tertiary alicyclic amines) is 1. The van der Waals surface area contributed by atoms with Crippen molar-refractivity contribution in [2.24, 2.45) is 11.8 Å². The van der Waals surface area contributed by atoms with Crippen molar-refractivity contribution < 1.29 is 13.9 Å². The molecule has 2 aliphatic rings. The first-order valence-corrected chi connectivity index (χ1v) is 14.2. The number of piperidine rings is 1. The maximum Gasteiger partial charge on any atom is 0.410 e. The van der Waals surface area contributed by atoms with Crippen LogP contribution in [0.2, 0.25) is 0 Å². The molecule has 2 aromatic rings. The SMILES string of the molecule is CN(C(=O)OC(C)(C)C)[C@@H]1C[C@H](CN2CCC(CCCc3ccc(F)cc3)CC2)[C@@H](c2ccccc2)C1. The van der Waals surface area contributed by atoms with Crippen LogP contribution in [-0.4, -0.2) is 54.2 Å². The Morgan fingerprint density at radius 1 is 1.03 bits per heavy atom. The third-order valence-electron chi connectivity index (χ3n) is 8.32. The number of hydrogen-bond donors (Lipinski definition) is 0. The molecule has 202 valence electrons. The van der Waals surface area contributed by atoms with E-state index < -0.39 is 5.60 Å². The zero-order valence-corrected chi connectivity index (χ0v) is 23.2. The highest BCUT2D eigenvalue weighted by Crippen LogP contribution is 2.42. The van der Waals surface area contributed by atoms with Gasteiger partial charge in [-0.1, -0.05) is 48.9 Å². The second-order valence-electron chi connectivity index (χ2n) is 12.3. The molecule has 3 atom stereocenters. The molecule has 1 heterocycles. The van der Waals surface area contributed by atoms with Crippen molar-refractivity contribution in [3.63, 3.8) is 0 Å². The fourth-order valence-electron chi connectivity index (χ4n) is 6.24. The molecule has 0 bridgehead atoms. The van der Waals surface area contributed by atoms with Crippen molar-refractivity contribution in [2.45, 2.75) is 83.3 Å². The van der Waals surface area contributed by atoms with E-state index in [9.17, 15) is 9.18 Å². The van der Waals surface area contributed by atoms with E-state index in [1.54, 1.807) is 12.1 Å². The van der Waals surface area contributed by atoms with Crippen molar-refractivity contribution in [1.29, 1.82) is 0 Å². The summed E-state index contributed by atoms with van der Waals surface area (Å²) in [5.74, 6) is 1.63. The zero-order valence-electron chi connectivity index (χ0n) is 23.2. The lowest BCUT2D eigenvalue weighted by Gasteiger charge is -2.35. The first-order valence-electron chi connectivity index (χ1n) is 14.2. The van der Waals surface area contributed by atoms with Gasteiger partial charge in [0.25, 0.3) is 0 Å². The van der Waals surface area contributed by atoms with Gasteiger partial charge in [0.2, 0.25) is 0 Å². The van der Waals surface area contributed by atoms with E-state index >= 15 is 0 Å². The van der Waals surface area contributed by atoms with E-state index in [-0.39, 0.29) is 18.0 Å². The van der Waals surface area contributed by atoms with E-state index in [0.29, 0.717) is 11.8 Å². The number of benzene rings is 2. The van der Waals surface area contributed by atoms with Crippen LogP contribution in [-0.2, 0) is 11.2 Å². The van der Waals surface area contributed by atoms with Crippen molar-refractivity contribution in [1.82, 2.24) is 9.80 Å². The van der Waals surface area contributed by atoms with Crippen LogP contribution in [0, 0.1) is 17.7 Å². The van der Waals surface area contributed by atoms with Gasteiger partial charge in [-0.25, -0.2) is 9.18 Å². The molecule has 1 saturated carbocycles. The number of ether oxygens (including phenoxy) is 1. The number of aryl methyl sites for hydroxylation is 1. The number of nitrogens with zero attached hydrogens (tertiary/aromatic N) is 2. The molecule has 1 aliphatic carbocycles. The average molecular weight is 509 g/mol. The highest BCUT2D eigenvalue weighted by atomic mass is 19.1. The third-order valence-corrected chi connectivity index (χ3v) is 8.32. The van der Waals surface area contributed by atoms with Gasteiger partial charge in [0.1, 0.15) is 11.4 Å². The quantitative estimate of drug-likeness (QED) is 0.375. The number of halogens is 1. The van der Waals surface area contributed by atoms with Gasteiger partial charge < -0.3 is 14.5 Å². The lowest BCUT2D eigenvalue weighted by molar-refractivity contribution is 0.0221. The number of hydrogen-bond acceptors (Lipinski definition) is 3. The lowest BCUT2D eigenvalue weighted by Crippen LogP contribution is -2.40. The van der Waals surface area contributed by atoms with Crippen LogP contribution in [0.1, 0.15) is 76.3 Å². The first-order chi connectivity index (χ1) is 17.7. The molecule has 4 rings (SSSR count). The Kier molecular flexibility index (Phi) is 9.28. The number of rotatable bonds is 8. The van der Waals surface area contributed by atoms with Crippen molar-refractivity contribution >= 4 is 6.09 Å². The Labute approximate surface area is 223 Å². The molecule has 37 heavy (non-hydrogen) atoms. The summed E-state index contributed by atoms with van der Waals surface area (Å²) in [7, 11) is 1.90. The molecule has 1 amide bonds. The summed E-state index contributed by atoms with van der Waals surface area (Å²) in [6.45, 7) is 9.19. The standard InChI is InChI=1S/C32H45FN2O2/c1-32(2,3)37-31(36)34(4)29-21-27(30(22-29)26-11-6-5-7-12-26)23-35-19-17-25(18-20-35)10-8-9-24-13-15-28(33)16-14-24/h5-7,11-16,25,27,29-30H,8-10,17-23H2,1-4H3/t27-,29-,30-/m1/s1. The Balaban J connectivity index is 1.29. The molecule has 0 unspecified atom stereocenters. The van der Waals surface area contributed by atoms with E-state index in [4.69, 9.17) is 4.74 Å². The largest absolute Gasteiger partial charge is 0.444 e. The van der Waals surface area contributed by atoms with Crippen molar-refractivity contribution in [3.8, 4) is 0 Å². The van der Waals surface area contributed by atoms with Crippen LogP contribution in [0.5, 0.6) is 0 Å². The average Bonchev–Trinajstić information content (AvgIpc) is 3.29. The summed E-state index contributed by atoms with van der Waals surface area (Å²) in [5, 5.41) is 0. The van der Waals surface area contributed by atoms with Crippen LogP contribution in [0.3, 0.4) is 0 Å². The Hall–Kier alpha value is -2.40. The highest BCUT2D eigenvalue weighted by Gasteiger charge is 2.40. The summed E-state index contributed by atoms with van der Waals surface area (Å²) in [6.07, 6.45) is 7.77. The number of carbonyl (C=O) groups excluding carboxylic acids is 1. The van der Waals surface area contributed by atoms with Crippen LogP contribution in [0.25, 0.3) is 0 Å². The molecule has 1 aliphatic heterocycles. The van der Waals surface area contributed by atoms with E-state index in [2.05, 4.69) is 35.2 Å². The minimum Gasteiger partial charge on any atom is -0.444 e. The molecular weight excluding hydrogens is 463 g/mol. The molecular formula is C32H45FN2O2. The van der Waals surface area contributed by atoms with Gasteiger partial charge >= 0.3 is 6.09 Å². The summed E-state index contributed by atoms with van der Waals surface area (Å²) in [5.41, 5.74) is 2.15. The lowest BCUT2D eigenvalue weighted by atomic mass is 9.87. The Morgan fingerprint density at radius 2 is 1.70 bits per heavy atom. The summed E-state index contributed by atoms with van der Waals surface area (Å²) < 4.78 is 18.8. The minimum atomic E-state index is -0.481.